The molecule has 33 heavy (non-hydrogen) atoms. The second kappa shape index (κ2) is 12.9. The summed E-state index contributed by atoms with van der Waals surface area (Å²) in [4.78, 5) is 16.3. The van der Waals surface area contributed by atoms with Crippen LogP contribution in [0.5, 0.6) is 0 Å². The van der Waals surface area contributed by atoms with Gasteiger partial charge in [-0.2, -0.15) is 0 Å². The molecule has 0 radical (unpaired) electrons. The van der Waals surface area contributed by atoms with Crippen LogP contribution in [-0.4, -0.2) is 40.4 Å². The van der Waals surface area contributed by atoms with Gasteiger partial charge in [0.1, 0.15) is 6.29 Å². The molecule has 0 spiro atoms. The number of hydrogen-bond donors (Lipinski definition) is 0. The van der Waals surface area contributed by atoms with Crippen molar-refractivity contribution in [2.75, 3.05) is 19.6 Å². The van der Waals surface area contributed by atoms with Crippen LogP contribution < -0.4 is 0 Å². The minimum absolute atomic E-state index is 0.616. The number of carbonyl (C=O) groups is 1. The zero-order valence-electron chi connectivity index (χ0n) is 19.8. The number of aryl methyl sites for hydroxylation is 2. The van der Waals surface area contributed by atoms with Crippen molar-refractivity contribution in [2.45, 2.75) is 52.5 Å². The van der Waals surface area contributed by atoms with Crippen molar-refractivity contribution < 1.29 is 4.79 Å². The maximum absolute atomic E-state index is 8.81. The van der Waals surface area contributed by atoms with Crippen LogP contribution in [0.4, 0.5) is 0 Å². The lowest BCUT2D eigenvalue weighted by atomic mass is 9.97. The Hall–Kier alpha value is -2.21. The first-order chi connectivity index (χ1) is 16.0. The molecule has 2 aromatic heterocycles. The van der Waals surface area contributed by atoms with Crippen LogP contribution in [0.2, 0.25) is 5.02 Å². The Morgan fingerprint density at radius 2 is 1.73 bits per heavy atom. The number of rotatable bonds is 5. The number of aromatic nitrogens is 2. The van der Waals surface area contributed by atoms with Crippen LogP contribution in [0.3, 0.4) is 0 Å². The van der Waals surface area contributed by atoms with E-state index in [4.69, 9.17) is 21.4 Å². The van der Waals surface area contributed by atoms with Gasteiger partial charge in [0.25, 0.3) is 0 Å². The quantitative estimate of drug-likeness (QED) is 0.368. The van der Waals surface area contributed by atoms with Crippen molar-refractivity contribution in [3.63, 3.8) is 0 Å². The molecule has 1 fully saturated rings. The van der Waals surface area contributed by atoms with Gasteiger partial charge in [-0.05, 0) is 83.4 Å². The van der Waals surface area contributed by atoms with Crippen LogP contribution in [0.15, 0.2) is 54.7 Å². The summed E-state index contributed by atoms with van der Waals surface area (Å²) in [6.45, 7) is 10.1. The maximum atomic E-state index is 8.81. The zero-order valence-corrected chi connectivity index (χ0v) is 21.4. The summed E-state index contributed by atoms with van der Waals surface area (Å²) in [5.41, 5.74) is 3.51. The number of fused-ring (bicyclic) bond motifs is 1. The molecule has 3 heterocycles. The predicted octanol–water partition coefficient (Wildman–Crippen LogP) is 6.97. The van der Waals surface area contributed by atoms with E-state index in [9.17, 15) is 0 Å². The second-order valence-electron chi connectivity index (χ2n) is 8.44. The van der Waals surface area contributed by atoms with Gasteiger partial charge in [-0.15, -0.1) is 11.3 Å². The summed E-state index contributed by atoms with van der Waals surface area (Å²) in [5.74, 6) is 0.616. The van der Waals surface area contributed by atoms with Crippen molar-refractivity contribution in [3.8, 4) is 0 Å². The van der Waals surface area contributed by atoms with E-state index < -0.39 is 0 Å². The molecule has 0 bridgehead atoms. The van der Waals surface area contributed by atoms with Gasteiger partial charge in [0.05, 0.1) is 20.2 Å². The third-order valence-corrected chi connectivity index (χ3v) is 7.57. The average Bonchev–Trinajstić information content (AvgIpc) is 3.27. The minimum Gasteiger partial charge on any atom is -0.350 e. The van der Waals surface area contributed by atoms with Crippen molar-refractivity contribution >= 4 is 39.4 Å². The van der Waals surface area contributed by atoms with Crippen molar-refractivity contribution in [2.24, 2.45) is 0 Å². The number of thiazole rings is 1. The SMILES string of the molecule is CC=O.Cc1ccccc(Cl)c(C)n(CCCN2CCC(c3nc4ccccc4s3)CC2)c1. The van der Waals surface area contributed by atoms with E-state index in [1.165, 1.54) is 35.0 Å². The van der Waals surface area contributed by atoms with Gasteiger partial charge < -0.3 is 14.3 Å². The van der Waals surface area contributed by atoms with Gasteiger partial charge in [0.2, 0.25) is 0 Å². The highest BCUT2D eigenvalue weighted by Gasteiger charge is 2.23. The predicted molar refractivity (Wildman–Crippen MR) is 141 cm³/mol. The monoisotopic (exact) mass is 483 g/mol. The number of hydrogen-bond acceptors (Lipinski definition) is 4. The summed E-state index contributed by atoms with van der Waals surface area (Å²) < 4.78 is 3.61. The van der Waals surface area contributed by atoms with Crippen LogP contribution in [0, 0.1) is 13.8 Å². The van der Waals surface area contributed by atoms with Gasteiger partial charge in [-0.25, -0.2) is 4.98 Å². The molecule has 0 saturated carbocycles. The Bertz CT molecular complexity index is 1060. The Kier molecular flexibility index (Phi) is 9.92. The highest BCUT2D eigenvalue weighted by molar-refractivity contribution is 7.18. The number of para-hydroxylation sites is 1. The number of halogens is 1. The van der Waals surface area contributed by atoms with Crippen molar-refractivity contribution in [3.05, 3.63) is 76.0 Å². The Morgan fingerprint density at radius 1 is 1.06 bits per heavy atom. The lowest BCUT2D eigenvalue weighted by Crippen LogP contribution is -2.34. The molecule has 6 heteroatoms. The lowest BCUT2D eigenvalue weighted by molar-refractivity contribution is -0.106. The smallest absolute Gasteiger partial charge is 0.116 e. The third kappa shape index (κ3) is 7.39. The summed E-state index contributed by atoms with van der Waals surface area (Å²) in [6, 6.07) is 16.6. The molecule has 0 atom stereocenters. The Balaban J connectivity index is 0.000000968. The molecule has 1 saturated heterocycles. The van der Waals surface area contributed by atoms with E-state index in [1.807, 2.05) is 29.5 Å². The normalized spacial score (nSPS) is 14.4. The van der Waals surface area contributed by atoms with E-state index in [1.54, 1.807) is 0 Å². The fourth-order valence-corrected chi connectivity index (χ4v) is 5.47. The van der Waals surface area contributed by atoms with Gasteiger partial charge in [0.15, 0.2) is 0 Å². The fraction of sp³-hybridized carbons (Fsp3) is 0.407. The first-order valence-electron chi connectivity index (χ1n) is 11.7. The number of benzene rings is 1. The molecule has 0 amide bonds. The number of carbonyl (C=O) groups excluding carboxylic acids is 1. The fourth-order valence-electron chi connectivity index (χ4n) is 4.16. The minimum atomic E-state index is 0.616. The Labute approximate surface area is 206 Å². The number of piperidine rings is 1. The van der Waals surface area contributed by atoms with Crippen LogP contribution in [0.25, 0.3) is 10.2 Å². The summed E-state index contributed by atoms with van der Waals surface area (Å²) >= 11 is 8.34. The third-order valence-electron chi connectivity index (χ3n) is 5.97. The van der Waals surface area contributed by atoms with Crippen LogP contribution >= 0.6 is 22.9 Å². The topological polar surface area (TPSA) is 38.1 Å². The molecule has 1 aliphatic heterocycles. The number of nitrogens with zero attached hydrogens (tertiary/aromatic N) is 3. The number of aldehydes is 1. The molecular weight excluding hydrogens is 450 g/mol. The zero-order chi connectivity index (χ0) is 23.6. The maximum Gasteiger partial charge on any atom is 0.116 e. The van der Waals surface area contributed by atoms with E-state index in [2.05, 4.69) is 59.8 Å². The van der Waals surface area contributed by atoms with E-state index in [-0.39, 0.29) is 0 Å². The summed E-state index contributed by atoms with van der Waals surface area (Å²) in [5, 5.41) is 2.13. The largest absolute Gasteiger partial charge is 0.350 e. The van der Waals surface area contributed by atoms with E-state index in [0.29, 0.717) is 5.92 Å². The average molecular weight is 484 g/mol. The van der Waals surface area contributed by atoms with Crippen LogP contribution in [-0.2, 0) is 11.3 Å². The molecule has 0 N–H and O–H groups in total. The number of likely N-dealkylation sites (tertiary alicyclic amines) is 1. The highest BCUT2D eigenvalue weighted by atomic mass is 35.5. The van der Waals surface area contributed by atoms with Crippen molar-refractivity contribution in [1.82, 2.24) is 14.5 Å². The molecule has 3 aromatic rings. The molecular formula is C27H34ClN3OS. The Morgan fingerprint density at radius 3 is 2.45 bits per heavy atom. The molecule has 4 nitrogen and oxygen atoms in total. The first kappa shape index (κ1) is 25.4. The molecule has 0 unspecified atom stereocenters. The van der Waals surface area contributed by atoms with Gasteiger partial charge in [0, 0.05) is 24.4 Å². The van der Waals surface area contributed by atoms with Crippen LogP contribution in [0.1, 0.15) is 48.4 Å². The molecule has 0 aliphatic carbocycles. The standard InChI is InChI=1S/C25H30ClN3S.C2H4O/c1-19-8-3-4-9-22(26)20(2)29(18-19)15-7-14-28-16-12-21(13-17-28)25-27-23-10-5-6-11-24(23)30-25;1-2-3/h3-6,8-11,18,21H,7,12-17H2,1-2H3;2H,1H3. The van der Waals surface area contributed by atoms with E-state index >= 15 is 0 Å². The molecule has 176 valence electrons. The van der Waals surface area contributed by atoms with Gasteiger partial charge in [-0.1, -0.05) is 41.9 Å². The summed E-state index contributed by atoms with van der Waals surface area (Å²) in [6.07, 6.45) is 6.51. The summed E-state index contributed by atoms with van der Waals surface area (Å²) in [7, 11) is 0. The molecule has 4 rings (SSSR count). The first-order valence-corrected chi connectivity index (χ1v) is 12.8. The van der Waals surface area contributed by atoms with Crippen molar-refractivity contribution in [1.29, 1.82) is 0 Å². The van der Waals surface area contributed by atoms with Gasteiger partial charge in [-0.3, -0.25) is 0 Å². The molecule has 1 aromatic carbocycles. The highest BCUT2D eigenvalue weighted by Crippen LogP contribution is 2.33. The van der Waals surface area contributed by atoms with E-state index in [0.717, 1.165) is 55.1 Å². The lowest BCUT2D eigenvalue weighted by Gasteiger charge is -2.31. The molecule has 1 aliphatic rings. The second-order valence-corrected chi connectivity index (χ2v) is 9.91. The van der Waals surface area contributed by atoms with Gasteiger partial charge >= 0.3 is 0 Å².